The van der Waals surface area contributed by atoms with Crippen LogP contribution in [-0.2, 0) is 17.6 Å². The van der Waals surface area contributed by atoms with Crippen LogP contribution in [0, 0.1) is 12.7 Å². The van der Waals surface area contributed by atoms with Crippen molar-refractivity contribution < 1.29 is 9.18 Å². The van der Waals surface area contributed by atoms with Crippen LogP contribution in [0.4, 0.5) is 4.39 Å². The summed E-state index contributed by atoms with van der Waals surface area (Å²) in [7, 11) is 0. The van der Waals surface area contributed by atoms with E-state index >= 15 is 0 Å². The minimum absolute atomic E-state index is 0.0996. The Morgan fingerprint density at radius 2 is 2.04 bits per heavy atom. The first kappa shape index (κ1) is 17.3. The summed E-state index contributed by atoms with van der Waals surface area (Å²) in [5.41, 5.74) is 3.61. The fourth-order valence-corrected chi connectivity index (χ4v) is 3.38. The Kier molecular flexibility index (Phi) is 5.56. The van der Waals surface area contributed by atoms with Crippen LogP contribution in [0.25, 0.3) is 10.6 Å². The van der Waals surface area contributed by atoms with Gasteiger partial charge in [0, 0.05) is 17.5 Å². The number of nitrogens with zero attached hydrogens (tertiary/aromatic N) is 1. The summed E-state index contributed by atoms with van der Waals surface area (Å²) in [6.07, 6.45) is 0.712. The second-order valence-corrected chi connectivity index (χ2v) is 6.74. The molecule has 0 saturated heterocycles. The zero-order valence-electron chi connectivity index (χ0n) is 14.0. The average molecular weight is 354 g/mol. The zero-order valence-corrected chi connectivity index (χ0v) is 14.8. The van der Waals surface area contributed by atoms with Gasteiger partial charge in [0.15, 0.2) is 0 Å². The first-order valence-electron chi connectivity index (χ1n) is 8.13. The highest BCUT2D eigenvalue weighted by Crippen LogP contribution is 2.24. The molecule has 1 N–H and O–H groups in total. The Balaban J connectivity index is 1.53. The lowest BCUT2D eigenvalue weighted by Gasteiger charge is -2.05. The van der Waals surface area contributed by atoms with E-state index in [-0.39, 0.29) is 18.1 Å². The van der Waals surface area contributed by atoms with E-state index in [0.29, 0.717) is 18.5 Å². The Labute approximate surface area is 150 Å². The molecule has 0 unspecified atom stereocenters. The van der Waals surface area contributed by atoms with Gasteiger partial charge in [-0.1, -0.05) is 42.0 Å². The minimum Gasteiger partial charge on any atom is -0.355 e. The molecule has 0 fully saturated rings. The van der Waals surface area contributed by atoms with Crippen LogP contribution < -0.4 is 5.32 Å². The molecule has 0 aliphatic rings. The van der Waals surface area contributed by atoms with E-state index in [1.807, 2.05) is 30.5 Å². The van der Waals surface area contributed by atoms with Gasteiger partial charge in [-0.15, -0.1) is 11.3 Å². The third-order valence-electron chi connectivity index (χ3n) is 3.83. The maximum absolute atomic E-state index is 13.5. The van der Waals surface area contributed by atoms with E-state index in [4.69, 9.17) is 0 Å². The standard InChI is InChI=1S/C20H19FN2OS/c1-14-5-4-7-16(11-14)20-23-17(13-25-20)12-19(24)22-10-9-15-6-2-3-8-18(15)21/h2-8,11,13H,9-10,12H2,1H3,(H,22,24). The van der Waals surface area contributed by atoms with Gasteiger partial charge in [-0.05, 0) is 31.0 Å². The van der Waals surface area contributed by atoms with Crippen LogP contribution in [0.3, 0.4) is 0 Å². The highest BCUT2D eigenvalue weighted by Gasteiger charge is 2.09. The smallest absolute Gasteiger partial charge is 0.226 e. The number of rotatable bonds is 6. The van der Waals surface area contributed by atoms with E-state index in [1.165, 1.54) is 23.0 Å². The number of carbonyl (C=O) groups is 1. The number of thiazole rings is 1. The van der Waals surface area contributed by atoms with Gasteiger partial charge in [-0.2, -0.15) is 0 Å². The lowest BCUT2D eigenvalue weighted by molar-refractivity contribution is -0.120. The summed E-state index contributed by atoms with van der Waals surface area (Å²) >= 11 is 1.54. The molecule has 0 bridgehead atoms. The lowest BCUT2D eigenvalue weighted by Crippen LogP contribution is -2.27. The molecule has 1 amide bonds. The van der Waals surface area contributed by atoms with Crippen molar-refractivity contribution in [1.29, 1.82) is 0 Å². The molecule has 3 nitrogen and oxygen atoms in total. The molecule has 25 heavy (non-hydrogen) atoms. The second-order valence-electron chi connectivity index (χ2n) is 5.88. The molecule has 128 valence electrons. The molecule has 2 aromatic carbocycles. The number of hydrogen-bond donors (Lipinski definition) is 1. The second kappa shape index (κ2) is 8.03. The van der Waals surface area contributed by atoms with E-state index in [9.17, 15) is 9.18 Å². The molecular weight excluding hydrogens is 335 g/mol. The van der Waals surface area contributed by atoms with Crippen molar-refractivity contribution in [2.24, 2.45) is 0 Å². The molecule has 3 aromatic rings. The van der Waals surface area contributed by atoms with Crippen LogP contribution in [0.5, 0.6) is 0 Å². The minimum atomic E-state index is -0.237. The number of amides is 1. The molecule has 0 aliphatic carbocycles. The summed E-state index contributed by atoms with van der Waals surface area (Å²) in [6, 6.07) is 14.8. The number of benzene rings is 2. The Hall–Kier alpha value is -2.53. The summed E-state index contributed by atoms with van der Waals surface area (Å²) in [5.74, 6) is -0.337. The van der Waals surface area contributed by atoms with Crippen molar-refractivity contribution in [1.82, 2.24) is 10.3 Å². The van der Waals surface area contributed by atoms with Gasteiger partial charge in [0.1, 0.15) is 10.8 Å². The van der Waals surface area contributed by atoms with Crippen LogP contribution in [0.15, 0.2) is 53.9 Å². The molecule has 1 aromatic heterocycles. The van der Waals surface area contributed by atoms with Crippen molar-refractivity contribution in [3.8, 4) is 10.6 Å². The predicted octanol–water partition coefficient (Wildman–Crippen LogP) is 4.16. The molecule has 5 heteroatoms. The van der Waals surface area contributed by atoms with E-state index in [0.717, 1.165) is 16.3 Å². The highest BCUT2D eigenvalue weighted by molar-refractivity contribution is 7.13. The molecule has 0 spiro atoms. The zero-order chi connectivity index (χ0) is 17.6. The molecule has 0 atom stereocenters. The van der Waals surface area contributed by atoms with E-state index < -0.39 is 0 Å². The number of aromatic nitrogens is 1. The quantitative estimate of drug-likeness (QED) is 0.722. The van der Waals surface area contributed by atoms with Crippen LogP contribution in [0.1, 0.15) is 16.8 Å². The normalized spacial score (nSPS) is 10.6. The van der Waals surface area contributed by atoms with Gasteiger partial charge in [0.05, 0.1) is 12.1 Å². The number of nitrogens with one attached hydrogen (secondary N) is 1. The number of hydrogen-bond acceptors (Lipinski definition) is 3. The molecule has 0 radical (unpaired) electrons. The first-order valence-corrected chi connectivity index (χ1v) is 9.01. The Bertz CT molecular complexity index is 875. The SMILES string of the molecule is Cc1cccc(-c2nc(CC(=O)NCCc3ccccc3F)cs2)c1. The first-order chi connectivity index (χ1) is 12.1. The summed E-state index contributed by atoms with van der Waals surface area (Å²) in [4.78, 5) is 16.6. The fraction of sp³-hybridized carbons (Fsp3) is 0.200. The molecular formula is C20H19FN2OS. The van der Waals surface area contributed by atoms with Gasteiger partial charge in [0.25, 0.3) is 0 Å². The molecule has 0 saturated carbocycles. The highest BCUT2D eigenvalue weighted by atomic mass is 32.1. The molecule has 3 rings (SSSR count). The average Bonchev–Trinajstić information content (AvgIpc) is 3.05. The topological polar surface area (TPSA) is 42.0 Å². The predicted molar refractivity (Wildman–Crippen MR) is 99.1 cm³/mol. The molecule has 1 heterocycles. The van der Waals surface area contributed by atoms with E-state index in [2.05, 4.69) is 16.4 Å². The van der Waals surface area contributed by atoms with Gasteiger partial charge >= 0.3 is 0 Å². The van der Waals surface area contributed by atoms with Crippen molar-refractivity contribution in [3.63, 3.8) is 0 Å². The van der Waals surface area contributed by atoms with Gasteiger partial charge in [-0.3, -0.25) is 4.79 Å². The number of carbonyl (C=O) groups excluding carboxylic acids is 1. The lowest BCUT2D eigenvalue weighted by atomic mass is 10.1. The largest absolute Gasteiger partial charge is 0.355 e. The van der Waals surface area contributed by atoms with E-state index in [1.54, 1.807) is 18.2 Å². The third-order valence-corrected chi connectivity index (χ3v) is 4.77. The van der Waals surface area contributed by atoms with Crippen LogP contribution in [0.2, 0.25) is 0 Å². The van der Waals surface area contributed by atoms with Gasteiger partial charge < -0.3 is 5.32 Å². The monoisotopic (exact) mass is 354 g/mol. The maximum Gasteiger partial charge on any atom is 0.226 e. The van der Waals surface area contributed by atoms with Gasteiger partial charge in [-0.25, -0.2) is 9.37 Å². The fourth-order valence-electron chi connectivity index (χ4n) is 2.56. The van der Waals surface area contributed by atoms with Crippen LogP contribution in [-0.4, -0.2) is 17.4 Å². The van der Waals surface area contributed by atoms with Crippen molar-refractivity contribution in [2.75, 3.05) is 6.54 Å². The third kappa shape index (κ3) is 4.73. The number of halogens is 1. The van der Waals surface area contributed by atoms with Gasteiger partial charge in [0.2, 0.25) is 5.91 Å². The van der Waals surface area contributed by atoms with Crippen LogP contribution >= 0.6 is 11.3 Å². The number of aryl methyl sites for hydroxylation is 1. The summed E-state index contributed by atoms with van der Waals surface area (Å²) in [6.45, 7) is 2.45. The van der Waals surface area contributed by atoms with Crippen molar-refractivity contribution in [3.05, 3.63) is 76.5 Å². The Morgan fingerprint density at radius 3 is 2.84 bits per heavy atom. The maximum atomic E-state index is 13.5. The summed E-state index contributed by atoms with van der Waals surface area (Å²) in [5, 5.41) is 5.65. The van der Waals surface area contributed by atoms with Crippen molar-refractivity contribution in [2.45, 2.75) is 19.8 Å². The summed E-state index contributed by atoms with van der Waals surface area (Å²) < 4.78 is 13.5. The van der Waals surface area contributed by atoms with Crippen molar-refractivity contribution >= 4 is 17.2 Å². The Morgan fingerprint density at radius 1 is 1.20 bits per heavy atom. The molecule has 0 aliphatic heterocycles.